The molecule has 2 aliphatic rings. The molecule has 1 aromatic heterocycles. The lowest BCUT2D eigenvalue weighted by Gasteiger charge is -2.35. The molecule has 1 amide bonds. The van der Waals surface area contributed by atoms with Crippen molar-refractivity contribution in [2.24, 2.45) is 0 Å². The van der Waals surface area contributed by atoms with Crippen LogP contribution in [0.1, 0.15) is 12.0 Å². The van der Waals surface area contributed by atoms with E-state index >= 15 is 4.39 Å². The Morgan fingerprint density at radius 3 is 2.38 bits per heavy atom. The summed E-state index contributed by atoms with van der Waals surface area (Å²) in [6, 6.07) is 15.6. The number of anilines is 2. The third-order valence-corrected chi connectivity index (χ3v) is 9.47. The summed E-state index contributed by atoms with van der Waals surface area (Å²) >= 11 is 0. The van der Waals surface area contributed by atoms with E-state index in [2.05, 4.69) is 9.71 Å². The van der Waals surface area contributed by atoms with Gasteiger partial charge in [-0.15, -0.1) is 0 Å². The van der Waals surface area contributed by atoms with E-state index in [1.54, 1.807) is 48.5 Å². The summed E-state index contributed by atoms with van der Waals surface area (Å²) < 4.78 is 65.7. The Morgan fingerprint density at radius 1 is 1.00 bits per heavy atom. The number of nitrogens with zero attached hydrogens (tertiary/aromatic N) is 5. The van der Waals surface area contributed by atoms with Gasteiger partial charge in [0.25, 0.3) is 5.56 Å². The zero-order valence-electron chi connectivity index (χ0n) is 24.2. The van der Waals surface area contributed by atoms with Crippen molar-refractivity contribution in [3.05, 3.63) is 82.4 Å². The van der Waals surface area contributed by atoms with Gasteiger partial charge in [-0.1, -0.05) is 24.3 Å². The van der Waals surface area contributed by atoms with E-state index in [9.17, 15) is 27.5 Å². The smallest absolute Gasteiger partial charge is 0.407 e. The highest BCUT2D eigenvalue weighted by Crippen LogP contribution is 2.35. The molecule has 0 aliphatic carbocycles. The standard InChI is InChI=1S/C30H30F2N6O6S/c1-19-23(34-45(42,43)37-13-12-20(31)18-37)11-10-22(32)27(19)44-29-33-24-7-3-2-6-21(24)28(39)38(29)26-9-5-4-8-25(26)35-14-16-36(17-15-35)30(40)41/h2-11,20,34H,12-18H2,1H3,(H,40,41)/t20-/m1/s1. The van der Waals surface area contributed by atoms with Crippen molar-refractivity contribution in [3.8, 4) is 17.4 Å². The first-order valence-electron chi connectivity index (χ1n) is 14.3. The van der Waals surface area contributed by atoms with Gasteiger partial charge in [-0.3, -0.25) is 9.52 Å². The van der Waals surface area contributed by atoms with Gasteiger partial charge >= 0.3 is 22.3 Å². The topological polar surface area (TPSA) is 137 Å². The zero-order valence-corrected chi connectivity index (χ0v) is 25.0. The molecule has 3 heterocycles. The number of aromatic nitrogens is 2. The largest absolute Gasteiger partial charge is 0.465 e. The van der Waals surface area contributed by atoms with Crippen LogP contribution in [0.15, 0.2) is 65.5 Å². The summed E-state index contributed by atoms with van der Waals surface area (Å²) in [7, 11) is -4.14. The number of para-hydroxylation sites is 3. The maximum Gasteiger partial charge on any atom is 0.407 e. The molecule has 1 atom stereocenters. The number of fused-ring (bicyclic) bond motifs is 1. The van der Waals surface area contributed by atoms with Crippen LogP contribution in [-0.2, 0) is 10.2 Å². The number of carbonyl (C=O) groups is 1. The molecule has 4 aromatic rings. The lowest BCUT2D eigenvalue weighted by Crippen LogP contribution is -2.48. The average Bonchev–Trinajstić information content (AvgIpc) is 3.48. The number of alkyl halides is 1. The number of nitrogens with one attached hydrogen (secondary N) is 1. The molecule has 236 valence electrons. The van der Waals surface area contributed by atoms with Crippen LogP contribution in [0.2, 0.25) is 0 Å². The van der Waals surface area contributed by atoms with E-state index in [1.807, 2.05) is 4.90 Å². The number of amides is 1. The Labute approximate surface area is 257 Å². The number of halogens is 2. The normalized spacial score (nSPS) is 17.5. The first kappa shape index (κ1) is 30.3. The average molecular weight is 641 g/mol. The second-order valence-electron chi connectivity index (χ2n) is 10.8. The lowest BCUT2D eigenvalue weighted by molar-refractivity contribution is 0.142. The van der Waals surface area contributed by atoms with E-state index < -0.39 is 33.9 Å². The summed E-state index contributed by atoms with van der Waals surface area (Å²) in [5.41, 5.74) is 0.899. The molecule has 2 aliphatic heterocycles. The maximum absolute atomic E-state index is 15.4. The number of carboxylic acid groups (broad SMARTS) is 1. The van der Waals surface area contributed by atoms with Gasteiger partial charge in [0, 0.05) is 44.8 Å². The lowest BCUT2D eigenvalue weighted by atomic mass is 10.2. The first-order valence-corrected chi connectivity index (χ1v) is 15.7. The van der Waals surface area contributed by atoms with Gasteiger partial charge in [-0.05, 0) is 49.7 Å². The molecular weight excluding hydrogens is 610 g/mol. The summed E-state index contributed by atoms with van der Waals surface area (Å²) in [5.74, 6) is -1.18. The Kier molecular flexibility index (Phi) is 8.05. The first-order chi connectivity index (χ1) is 21.5. The van der Waals surface area contributed by atoms with E-state index in [0.29, 0.717) is 30.0 Å². The minimum Gasteiger partial charge on any atom is -0.465 e. The fourth-order valence-corrected chi connectivity index (χ4v) is 6.88. The van der Waals surface area contributed by atoms with Gasteiger partial charge in [0.15, 0.2) is 11.6 Å². The molecule has 0 saturated carbocycles. The van der Waals surface area contributed by atoms with Crippen LogP contribution in [0.3, 0.4) is 0 Å². The minimum absolute atomic E-state index is 0.0121. The van der Waals surface area contributed by atoms with E-state index in [1.165, 1.54) is 22.5 Å². The van der Waals surface area contributed by atoms with Crippen LogP contribution in [0.25, 0.3) is 16.6 Å². The van der Waals surface area contributed by atoms with Gasteiger partial charge in [0.2, 0.25) is 0 Å². The predicted octanol–water partition coefficient (Wildman–Crippen LogP) is 4.13. The number of rotatable bonds is 7. The summed E-state index contributed by atoms with van der Waals surface area (Å²) in [4.78, 5) is 33.3. The summed E-state index contributed by atoms with van der Waals surface area (Å²) in [6.07, 6.45) is -2.20. The van der Waals surface area contributed by atoms with Crippen LogP contribution < -0.4 is 19.9 Å². The van der Waals surface area contributed by atoms with Crippen molar-refractivity contribution in [2.75, 3.05) is 48.9 Å². The van der Waals surface area contributed by atoms with Crippen molar-refractivity contribution in [1.29, 1.82) is 0 Å². The number of benzene rings is 3. The van der Waals surface area contributed by atoms with Crippen LogP contribution >= 0.6 is 0 Å². The molecule has 2 saturated heterocycles. The van der Waals surface area contributed by atoms with Crippen molar-refractivity contribution in [1.82, 2.24) is 18.8 Å². The van der Waals surface area contributed by atoms with Gasteiger partial charge in [0.1, 0.15) is 6.17 Å². The molecule has 15 heteroatoms. The SMILES string of the molecule is Cc1c(NS(=O)(=O)N2CC[C@@H](F)C2)ccc(F)c1Oc1nc2ccccc2c(=O)n1-c1ccccc1N1CCN(C(=O)O)CC1. The second kappa shape index (κ2) is 12.0. The molecule has 2 fully saturated rings. The molecule has 2 N–H and O–H groups in total. The molecule has 6 rings (SSSR count). The number of ether oxygens (including phenoxy) is 1. The van der Waals surface area contributed by atoms with E-state index in [0.717, 1.165) is 10.4 Å². The predicted molar refractivity (Wildman–Crippen MR) is 164 cm³/mol. The van der Waals surface area contributed by atoms with Crippen molar-refractivity contribution in [3.63, 3.8) is 0 Å². The molecule has 0 spiro atoms. The quantitative estimate of drug-likeness (QED) is 0.308. The van der Waals surface area contributed by atoms with Gasteiger partial charge < -0.3 is 19.6 Å². The fraction of sp³-hybridized carbons (Fsp3) is 0.300. The number of hydrogen-bond donors (Lipinski definition) is 2. The molecule has 0 unspecified atom stereocenters. The van der Waals surface area contributed by atoms with Crippen molar-refractivity contribution < 1.29 is 31.8 Å². The summed E-state index contributed by atoms with van der Waals surface area (Å²) in [5, 5.41) is 9.67. The van der Waals surface area contributed by atoms with Gasteiger partial charge in [-0.25, -0.2) is 18.1 Å². The Balaban J connectivity index is 1.43. The Hall–Kier alpha value is -4.76. The molecular formula is C30H30F2N6O6S. The highest BCUT2D eigenvalue weighted by molar-refractivity contribution is 7.90. The summed E-state index contributed by atoms with van der Waals surface area (Å²) in [6.45, 7) is 2.44. The molecule has 0 bridgehead atoms. The maximum atomic E-state index is 15.4. The Morgan fingerprint density at radius 2 is 1.69 bits per heavy atom. The monoisotopic (exact) mass is 640 g/mol. The van der Waals surface area contributed by atoms with Crippen LogP contribution in [-0.4, -0.2) is 83.8 Å². The molecule has 3 aromatic carbocycles. The highest BCUT2D eigenvalue weighted by atomic mass is 32.2. The molecule has 12 nitrogen and oxygen atoms in total. The molecule has 45 heavy (non-hydrogen) atoms. The van der Waals surface area contributed by atoms with E-state index in [4.69, 9.17) is 4.74 Å². The highest BCUT2D eigenvalue weighted by Gasteiger charge is 2.32. The number of piperazine rings is 1. The van der Waals surface area contributed by atoms with Crippen molar-refractivity contribution >= 4 is 38.6 Å². The third-order valence-electron chi connectivity index (χ3n) is 7.98. The van der Waals surface area contributed by atoms with Crippen LogP contribution in [0.4, 0.5) is 25.0 Å². The van der Waals surface area contributed by atoms with Crippen LogP contribution in [0.5, 0.6) is 11.8 Å². The van der Waals surface area contributed by atoms with Gasteiger partial charge in [-0.2, -0.15) is 17.7 Å². The van der Waals surface area contributed by atoms with Crippen LogP contribution in [0, 0.1) is 12.7 Å². The van der Waals surface area contributed by atoms with E-state index in [-0.39, 0.29) is 61.0 Å². The zero-order chi connectivity index (χ0) is 31.9. The van der Waals surface area contributed by atoms with Crippen molar-refractivity contribution in [2.45, 2.75) is 19.5 Å². The fourth-order valence-electron chi connectivity index (χ4n) is 5.55. The molecule has 0 radical (unpaired) electrons. The third kappa shape index (κ3) is 5.88. The number of hydrogen-bond acceptors (Lipinski definition) is 7. The minimum atomic E-state index is -4.14. The Bertz CT molecular complexity index is 1950. The second-order valence-corrected chi connectivity index (χ2v) is 12.5. The van der Waals surface area contributed by atoms with Gasteiger partial charge in [0.05, 0.1) is 28.0 Å².